The van der Waals surface area contributed by atoms with Gasteiger partial charge in [-0.3, -0.25) is 4.79 Å². The fraction of sp³-hybridized carbons (Fsp3) is 0.368. The number of hydrogen-bond acceptors (Lipinski definition) is 4. The van der Waals surface area contributed by atoms with Crippen molar-refractivity contribution >= 4 is 23.0 Å². The van der Waals surface area contributed by atoms with Crippen LogP contribution in [0.15, 0.2) is 29.4 Å². The highest BCUT2D eigenvalue weighted by Gasteiger charge is 2.22. The minimum Gasteiger partial charge on any atom is -0.488 e. The number of fused-ring (bicyclic) bond motifs is 3. The molecule has 5 heteroatoms. The Morgan fingerprint density at radius 1 is 1.21 bits per heavy atom. The van der Waals surface area contributed by atoms with E-state index >= 15 is 0 Å². The smallest absolute Gasteiger partial charge is 0.281 e. The molecule has 0 spiro atoms. The minimum absolute atomic E-state index is 0.123. The van der Waals surface area contributed by atoms with E-state index in [0.29, 0.717) is 11.5 Å². The molecular formula is C19H20N2O2S. The summed E-state index contributed by atoms with van der Waals surface area (Å²) in [5.74, 6) is 0.769. The van der Waals surface area contributed by atoms with Gasteiger partial charge in [0.25, 0.3) is 5.91 Å². The molecule has 0 unspecified atom stereocenters. The molecule has 1 aliphatic carbocycles. The van der Waals surface area contributed by atoms with Crippen molar-refractivity contribution in [2.24, 2.45) is 5.10 Å². The maximum atomic E-state index is 12.4. The van der Waals surface area contributed by atoms with E-state index in [2.05, 4.69) is 23.5 Å². The van der Waals surface area contributed by atoms with Crippen molar-refractivity contribution in [2.45, 2.75) is 45.6 Å². The first-order valence-corrected chi connectivity index (χ1v) is 9.24. The van der Waals surface area contributed by atoms with Crippen molar-refractivity contribution in [1.82, 2.24) is 5.43 Å². The third-order valence-electron chi connectivity index (χ3n) is 4.54. The molecule has 4 rings (SSSR count). The van der Waals surface area contributed by atoms with Gasteiger partial charge < -0.3 is 4.74 Å². The second-order valence-corrected chi connectivity index (χ2v) is 7.49. The number of benzene rings is 1. The van der Waals surface area contributed by atoms with Gasteiger partial charge in [-0.15, -0.1) is 11.3 Å². The van der Waals surface area contributed by atoms with Gasteiger partial charge in [0.15, 0.2) is 0 Å². The van der Waals surface area contributed by atoms with Crippen molar-refractivity contribution < 1.29 is 9.53 Å². The van der Waals surface area contributed by atoms with Crippen LogP contribution in [0.2, 0.25) is 0 Å². The van der Waals surface area contributed by atoms with Gasteiger partial charge in [0, 0.05) is 21.7 Å². The monoisotopic (exact) mass is 340 g/mol. The van der Waals surface area contributed by atoms with Gasteiger partial charge in [0.05, 0.1) is 4.88 Å². The molecular weight excluding hydrogens is 320 g/mol. The topological polar surface area (TPSA) is 50.7 Å². The quantitative estimate of drug-likeness (QED) is 0.808. The summed E-state index contributed by atoms with van der Waals surface area (Å²) in [6.07, 6.45) is 5.62. The van der Waals surface area contributed by atoms with Crippen LogP contribution in [-0.2, 0) is 6.61 Å². The molecule has 0 bridgehead atoms. The van der Waals surface area contributed by atoms with Crippen molar-refractivity contribution in [3.8, 4) is 16.2 Å². The van der Waals surface area contributed by atoms with Crippen LogP contribution < -0.4 is 10.2 Å². The molecule has 24 heavy (non-hydrogen) atoms. The number of carbonyl (C=O) groups excluding carboxylic acids is 1. The summed E-state index contributed by atoms with van der Waals surface area (Å²) in [6, 6.07) is 8.10. The van der Waals surface area contributed by atoms with Crippen molar-refractivity contribution in [3.05, 3.63) is 40.3 Å². The van der Waals surface area contributed by atoms with Gasteiger partial charge in [0.2, 0.25) is 0 Å². The van der Waals surface area contributed by atoms with E-state index in [1.54, 1.807) is 0 Å². The van der Waals surface area contributed by atoms with Crippen molar-refractivity contribution in [2.75, 3.05) is 0 Å². The summed E-state index contributed by atoms with van der Waals surface area (Å²) >= 11 is 1.52. The van der Waals surface area contributed by atoms with E-state index in [1.165, 1.54) is 36.2 Å². The Labute approximate surface area is 145 Å². The lowest BCUT2D eigenvalue weighted by Crippen LogP contribution is -2.19. The molecule has 1 fully saturated rings. The number of hydrogen-bond donors (Lipinski definition) is 1. The largest absolute Gasteiger partial charge is 0.488 e. The van der Waals surface area contributed by atoms with E-state index in [4.69, 9.17) is 4.74 Å². The highest BCUT2D eigenvalue weighted by Crippen LogP contribution is 2.42. The normalized spacial score (nSPS) is 16.0. The first kappa shape index (κ1) is 15.4. The fourth-order valence-corrected chi connectivity index (χ4v) is 4.31. The molecule has 2 aromatic rings. The molecule has 1 saturated carbocycles. The second-order valence-electron chi connectivity index (χ2n) is 6.43. The SMILES string of the molecule is Cc1ccc2c(c1)-c1sc(C(=O)NN=C3CCCCC3)cc1CO2. The molecule has 4 nitrogen and oxygen atoms in total. The third-order valence-corrected chi connectivity index (χ3v) is 5.75. The van der Waals surface area contributed by atoms with Crippen LogP contribution in [0.25, 0.3) is 10.4 Å². The zero-order valence-corrected chi connectivity index (χ0v) is 14.5. The highest BCUT2D eigenvalue weighted by atomic mass is 32.1. The summed E-state index contributed by atoms with van der Waals surface area (Å²) in [7, 11) is 0. The molecule has 0 saturated heterocycles. The van der Waals surface area contributed by atoms with Gasteiger partial charge >= 0.3 is 0 Å². The van der Waals surface area contributed by atoms with Crippen LogP contribution in [0.4, 0.5) is 0 Å². The maximum Gasteiger partial charge on any atom is 0.281 e. The standard InChI is InChI=1S/C19H20N2O2S/c1-12-7-8-16-15(9-12)18-13(11-23-16)10-17(24-18)19(22)21-20-14-5-3-2-4-6-14/h7-10H,2-6,11H2,1H3,(H,21,22). The zero-order valence-electron chi connectivity index (χ0n) is 13.7. The zero-order chi connectivity index (χ0) is 16.5. The highest BCUT2D eigenvalue weighted by molar-refractivity contribution is 7.17. The predicted molar refractivity (Wildman–Crippen MR) is 96.8 cm³/mol. The first-order valence-electron chi connectivity index (χ1n) is 8.43. The van der Waals surface area contributed by atoms with E-state index in [9.17, 15) is 4.79 Å². The van der Waals surface area contributed by atoms with Gasteiger partial charge in [-0.2, -0.15) is 5.10 Å². The first-order chi connectivity index (χ1) is 11.7. The molecule has 1 N–H and O–H groups in total. The van der Waals surface area contributed by atoms with Crippen LogP contribution in [0, 0.1) is 6.92 Å². The summed E-state index contributed by atoms with van der Waals surface area (Å²) < 4.78 is 5.80. The molecule has 124 valence electrons. The predicted octanol–water partition coefficient (Wildman–Crippen LogP) is 4.67. The second kappa shape index (κ2) is 6.40. The van der Waals surface area contributed by atoms with E-state index in [-0.39, 0.29) is 5.91 Å². The number of carbonyl (C=O) groups is 1. The Morgan fingerprint density at radius 3 is 2.88 bits per heavy atom. The number of rotatable bonds is 2. The summed E-state index contributed by atoms with van der Waals surface area (Å²) in [5, 5.41) is 4.32. The molecule has 2 aliphatic rings. The lowest BCUT2D eigenvalue weighted by atomic mass is 9.99. The number of amides is 1. The van der Waals surface area contributed by atoms with Crippen LogP contribution in [0.3, 0.4) is 0 Å². The fourth-order valence-electron chi connectivity index (χ4n) is 3.24. The number of nitrogens with one attached hydrogen (secondary N) is 1. The van der Waals surface area contributed by atoms with Gasteiger partial charge in [0.1, 0.15) is 12.4 Å². The number of thiophene rings is 1. The summed E-state index contributed by atoms with van der Waals surface area (Å²) in [5.41, 5.74) is 7.19. The number of hydrazone groups is 1. The lowest BCUT2D eigenvalue weighted by Gasteiger charge is -2.17. The van der Waals surface area contributed by atoms with Crippen LogP contribution in [-0.4, -0.2) is 11.6 Å². The third kappa shape index (κ3) is 2.96. The Morgan fingerprint density at radius 2 is 2.04 bits per heavy atom. The minimum atomic E-state index is -0.123. The van der Waals surface area contributed by atoms with Crippen LogP contribution in [0.5, 0.6) is 5.75 Å². The van der Waals surface area contributed by atoms with Crippen LogP contribution in [0.1, 0.15) is 52.9 Å². The number of ether oxygens (including phenoxy) is 1. The van der Waals surface area contributed by atoms with Gasteiger partial charge in [-0.25, -0.2) is 5.43 Å². The Balaban J connectivity index is 1.57. The molecule has 1 aliphatic heterocycles. The van der Waals surface area contributed by atoms with Gasteiger partial charge in [-0.1, -0.05) is 18.1 Å². The molecule has 1 aromatic heterocycles. The van der Waals surface area contributed by atoms with Gasteiger partial charge in [-0.05, 0) is 50.8 Å². The maximum absolute atomic E-state index is 12.4. The van der Waals surface area contributed by atoms with E-state index in [1.807, 2.05) is 18.2 Å². The number of aryl methyl sites for hydroxylation is 1. The van der Waals surface area contributed by atoms with Crippen molar-refractivity contribution in [3.63, 3.8) is 0 Å². The van der Waals surface area contributed by atoms with E-state index in [0.717, 1.165) is 40.3 Å². The average molecular weight is 340 g/mol. The Hall–Kier alpha value is -2.14. The van der Waals surface area contributed by atoms with Crippen molar-refractivity contribution in [1.29, 1.82) is 0 Å². The lowest BCUT2D eigenvalue weighted by molar-refractivity contribution is 0.0958. The summed E-state index contributed by atoms with van der Waals surface area (Å²) in [4.78, 5) is 14.3. The Bertz CT molecular complexity index is 815. The molecule has 2 heterocycles. The molecule has 0 atom stereocenters. The van der Waals surface area contributed by atoms with Crippen LogP contribution >= 0.6 is 11.3 Å². The molecule has 0 radical (unpaired) electrons. The summed E-state index contributed by atoms with van der Waals surface area (Å²) in [6.45, 7) is 2.58. The van der Waals surface area contributed by atoms with E-state index < -0.39 is 0 Å². The molecule has 1 amide bonds. The average Bonchev–Trinajstić information content (AvgIpc) is 3.05. The number of nitrogens with zero attached hydrogens (tertiary/aromatic N) is 1. The molecule has 1 aromatic carbocycles. The Kier molecular flexibility index (Phi) is 4.10.